The second-order valence-electron chi connectivity index (χ2n) is 7.61. The van der Waals surface area contributed by atoms with Crippen LogP contribution in [0.4, 0.5) is 0 Å². The van der Waals surface area contributed by atoms with Crippen molar-refractivity contribution in [3.05, 3.63) is 0 Å². The first-order chi connectivity index (χ1) is 9.71. The van der Waals surface area contributed by atoms with E-state index in [2.05, 4.69) is 31.2 Å². The molecule has 20 heavy (non-hydrogen) atoms. The molecule has 0 aromatic heterocycles. The number of rotatable bonds is 8. The maximum Gasteiger partial charge on any atom is 0.000661 e. The van der Waals surface area contributed by atoms with Crippen molar-refractivity contribution in [2.45, 2.75) is 58.3 Å². The van der Waals surface area contributed by atoms with Crippen molar-refractivity contribution in [2.24, 2.45) is 23.7 Å². The average molecular weight is 281 g/mol. The molecule has 0 aromatic carbocycles. The third-order valence-electron chi connectivity index (χ3n) is 5.86. The van der Waals surface area contributed by atoms with Crippen LogP contribution in [0.3, 0.4) is 0 Å². The Bertz CT molecular complexity index is 252. The van der Waals surface area contributed by atoms with Crippen LogP contribution in [-0.2, 0) is 0 Å². The normalized spacial score (nSPS) is 34.2. The van der Waals surface area contributed by atoms with E-state index >= 15 is 0 Å². The molecule has 1 N–H and O–H groups in total. The summed E-state index contributed by atoms with van der Waals surface area (Å²) >= 11 is 0. The lowest BCUT2D eigenvalue weighted by atomic mass is 9.73. The van der Waals surface area contributed by atoms with Gasteiger partial charge in [-0.1, -0.05) is 26.2 Å². The highest BCUT2D eigenvalue weighted by molar-refractivity contribution is 4.81. The lowest BCUT2D eigenvalue weighted by Crippen LogP contribution is -2.35. The summed E-state index contributed by atoms with van der Waals surface area (Å²) in [6.45, 7) is 6.26. The smallest absolute Gasteiger partial charge is 0.000661 e. The molecule has 0 aliphatic heterocycles. The van der Waals surface area contributed by atoms with Gasteiger partial charge in [-0.2, -0.15) is 0 Å². The molecule has 0 aromatic rings. The highest BCUT2D eigenvalue weighted by Gasteiger charge is 2.28. The van der Waals surface area contributed by atoms with Crippen molar-refractivity contribution in [3.8, 4) is 0 Å². The molecular formula is C18H36N2. The maximum absolute atomic E-state index is 3.31. The van der Waals surface area contributed by atoms with E-state index in [1.165, 1.54) is 71.0 Å². The lowest BCUT2D eigenvalue weighted by Gasteiger charge is -2.37. The molecule has 0 spiro atoms. The first-order valence-electron chi connectivity index (χ1n) is 9.04. The minimum absolute atomic E-state index is 0.972. The molecule has 118 valence electrons. The summed E-state index contributed by atoms with van der Waals surface area (Å²) < 4.78 is 0. The summed E-state index contributed by atoms with van der Waals surface area (Å²) in [6.07, 6.45) is 11.7. The first-order valence-corrected chi connectivity index (χ1v) is 9.04. The molecule has 0 unspecified atom stereocenters. The Labute approximate surface area is 126 Å². The van der Waals surface area contributed by atoms with Gasteiger partial charge in [-0.15, -0.1) is 0 Å². The fourth-order valence-electron chi connectivity index (χ4n) is 4.32. The van der Waals surface area contributed by atoms with E-state index in [0.717, 1.165) is 23.7 Å². The third-order valence-corrected chi connectivity index (χ3v) is 5.86. The molecule has 2 aliphatic carbocycles. The highest BCUT2D eigenvalue weighted by Crippen LogP contribution is 2.36. The van der Waals surface area contributed by atoms with Gasteiger partial charge in [-0.3, -0.25) is 0 Å². The molecule has 2 nitrogen and oxygen atoms in total. The number of nitrogens with zero attached hydrogens (tertiary/aromatic N) is 1. The topological polar surface area (TPSA) is 15.3 Å². The molecule has 2 aliphatic rings. The van der Waals surface area contributed by atoms with Crippen LogP contribution in [0.15, 0.2) is 0 Å². The number of nitrogens with one attached hydrogen (secondary N) is 1. The zero-order valence-electron chi connectivity index (χ0n) is 14.0. The van der Waals surface area contributed by atoms with E-state index in [1.807, 2.05) is 0 Å². The van der Waals surface area contributed by atoms with Crippen LogP contribution in [0.1, 0.15) is 58.3 Å². The molecular weight excluding hydrogens is 244 g/mol. The zero-order chi connectivity index (χ0) is 14.4. The molecule has 0 bridgehead atoms. The predicted molar refractivity (Wildman–Crippen MR) is 88.0 cm³/mol. The van der Waals surface area contributed by atoms with Gasteiger partial charge in [0.15, 0.2) is 0 Å². The van der Waals surface area contributed by atoms with Gasteiger partial charge >= 0.3 is 0 Å². The van der Waals surface area contributed by atoms with E-state index in [9.17, 15) is 0 Å². The van der Waals surface area contributed by atoms with Gasteiger partial charge in [-0.25, -0.2) is 0 Å². The maximum atomic E-state index is 3.31. The molecule has 2 saturated carbocycles. The zero-order valence-corrected chi connectivity index (χ0v) is 14.0. The quantitative estimate of drug-likeness (QED) is 0.728. The molecule has 0 amide bonds. The summed E-state index contributed by atoms with van der Waals surface area (Å²) in [5.74, 6) is 4.02. The summed E-state index contributed by atoms with van der Waals surface area (Å²) in [6, 6.07) is 0. The van der Waals surface area contributed by atoms with E-state index in [4.69, 9.17) is 0 Å². The van der Waals surface area contributed by atoms with Crippen LogP contribution in [0, 0.1) is 23.7 Å². The lowest BCUT2D eigenvalue weighted by molar-refractivity contribution is 0.147. The van der Waals surface area contributed by atoms with Crippen LogP contribution in [-0.4, -0.2) is 38.6 Å². The summed E-state index contributed by atoms with van der Waals surface area (Å²) in [5.41, 5.74) is 0. The summed E-state index contributed by atoms with van der Waals surface area (Å²) in [4.78, 5) is 2.61. The van der Waals surface area contributed by atoms with Crippen molar-refractivity contribution in [3.63, 3.8) is 0 Å². The molecule has 2 fully saturated rings. The van der Waals surface area contributed by atoms with Gasteiger partial charge in [0.2, 0.25) is 0 Å². The van der Waals surface area contributed by atoms with E-state index in [0.29, 0.717) is 0 Å². The second kappa shape index (κ2) is 8.38. The molecule has 2 rings (SSSR count). The van der Waals surface area contributed by atoms with Crippen molar-refractivity contribution in [1.29, 1.82) is 0 Å². The SMILES string of the molecule is CCC1CCC(CN(C)CCC2CC(CNC)C2)CC1. The van der Waals surface area contributed by atoms with Gasteiger partial charge in [0.05, 0.1) is 0 Å². The van der Waals surface area contributed by atoms with Crippen molar-refractivity contribution >= 4 is 0 Å². The Morgan fingerprint density at radius 3 is 2.20 bits per heavy atom. The summed E-state index contributed by atoms with van der Waals surface area (Å²) in [5, 5.41) is 3.31. The average Bonchev–Trinajstić information content (AvgIpc) is 2.42. The molecule has 0 saturated heterocycles. The van der Waals surface area contributed by atoms with Crippen LogP contribution in [0.2, 0.25) is 0 Å². The molecule has 0 atom stereocenters. The first kappa shape index (κ1) is 16.3. The fraction of sp³-hybridized carbons (Fsp3) is 1.00. The van der Waals surface area contributed by atoms with Crippen LogP contribution in [0.5, 0.6) is 0 Å². The standard InChI is InChI=1S/C18H36N2/c1-4-15-5-7-16(8-6-15)14-20(3)10-9-17-11-18(12-17)13-19-2/h15-19H,4-14H2,1-3H3. The van der Waals surface area contributed by atoms with Crippen molar-refractivity contribution in [2.75, 3.05) is 33.7 Å². The van der Waals surface area contributed by atoms with Gasteiger partial charge in [0.1, 0.15) is 0 Å². The van der Waals surface area contributed by atoms with Gasteiger partial charge in [0, 0.05) is 6.54 Å². The van der Waals surface area contributed by atoms with Crippen LogP contribution >= 0.6 is 0 Å². The monoisotopic (exact) mass is 280 g/mol. The number of hydrogen-bond donors (Lipinski definition) is 1. The van der Waals surface area contributed by atoms with E-state index < -0.39 is 0 Å². The van der Waals surface area contributed by atoms with E-state index in [1.54, 1.807) is 0 Å². The highest BCUT2D eigenvalue weighted by atomic mass is 15.1. The van der Waals surface area contributed by atoms with Gasteiger partial charge in [0.25, 0.3) is 0 Å². The predicted octanol–water partition coefficient (Wildman–Crippen LogP) is 3.77. The van der Waals surface area contributed by atoms with Crippen molar-refractivity contribution < 1.29 is 0 Å². The summed E-state index contributed by atoms with van der Waals surface area (Å²) in [7, 11) is 4.42. The Kier molecular flexibility index (Phi) is 6.83. The fourth-order valence-corrected chi connectivity index (χ4v) is 4.32. The Morgan fingerprint density at radius 2 is 1.60 bits per heavy atom. The van der Waals surface area contributed by atoms with Crippen LogP contribution in [0.25, 0.3) is 0 Å². The van der Waals surface area contributed by atoms with Gasteiger partial charge < -0.3 is 10.2 Å². The minimum atomic E-state index is 0.972. The Hall–Kier alpha value is -0.0800. The van der Waals surface area contributed by atoms with E-state index in [-0.39, 0.29) is 0 Å². The number of hydrogen-bond acceptors (Lipinski definition) is 2. The Morgan fingerprint density at radius 1 is 0.950 bits per heavy atom. The molecule has 2 heteroatoms. The van der Waals surface area contributed by atoms with Crippen molar-refractivity contribution in [1.82, 2.24) is 10.2 Å². The van der Waals surface area contributed by atoms with Crippen LogP contribution < -0.4 is 5.32 Å². The second-order valence-corrected chi connectivity index (χ2v) is 7.61. The molecule has 0 heterocycles. The molecule has 0 radical (unpaired) electrons. The third kappa shape index (κ3) is 5.04. The largest absolute Gasteiger partial charge is 0.319 e. The Balaban J connectivity index is 1.52. The minimum Gasteiger partial charge on any atom is -0.319 e. The van der Waals surface area contributed by atoms with Gasteiger partial charge in [-0.05, 0) is 83.0 Å².